The number of aromatic amines is 1. The van der Waals surface area contributed by atoms with Gasteiger partial charge in [-0.25, -0.2) is 0 Å². The number of aliphatic carboxylic acids is 1. The fraction of sp³-hybridized carbons (Fsp3) is 0.581. The Hall–Kier alpha value is -3.93. The van der Waals surface area contributed by atoms with Crippen molar-refractivity contribution in [2.24, 2.45) is 17.3 Å². The third kappa shape index (κ3) is 9.03. The number of carboxylic acid groups (broad SMARTS) is 1. The van der Waals surface area contributed by atoms with E-state index in [1.165, 1.54) is 0 Å². The van der Waals surface area contributed by atoms with Crippen molar-refractivity contribution in [2.75, 3.05) is 20.3 Å². The Labute approximate surface area is 251 Å². The van der Waals surface area contributed by atoms with Gasteiger partial charge in [-0.05, 0) is 70.6 Å². The number of aromatic nitrogens is 1. The molecule has 1 aliphatic heterocycles. The minimum absolute atomic E-state index is 0.0374. The minimum Gasteiger partial charge on any atom is -0.496 e. The zero-order valence-corrected chi connectivity index (χ0v) is 25.7. The number of Topliss-reactive ketones (excluding diaryl/α,β-unsaturated/α-hetero) is 1. The highest BCUT2D eigenvalue weighted by atomic mass is 16.5. The number of carbonyl (C=O) groups is 5. The van der Waals surface area contributed by atoms with E-state index in [0.29, 0.717) is 30.7 Å². The van der Waals surface area contributed by atoms with Gasteiger partial charge in [-0.15, -0.1) is 0 Å². The first-order chi connectivity index (χ1) is 20.2. The van der Waals surface area contributed by atoms with Gasteiger partial charge >= 0.3 is 5.97 Å². The third-order valence-electron chi connectivity index (χ3n) is 7.69. The van der Waals surface area contributed by atoms with E-state index in [-0.39, 0.29) is 37.0 Å². The van der Waals surface area contributed by atoms with Crippen molar-refractivity contribution in [3.63, 3.8) is 0 Å². The Morgan fingerprint density at radius 1 is 1.12 bits per heavy atom. The molecule has 1 saturated heterocycles. The summed E-state index contributed by atoms with van der Waals surface area (Å²) in [5.74, 6) is -2.47. The van der Waals surface area contributed by atoms with Crippen LogP contribution in [0.15, 0.2) is 24.3 Å². The molecule has 1 aromatic heterocycles. The number of hydrogen-bond donors (Lipinski definition) is 5. The molecule has 0 spiro atoms. The van der Waals surface area contributed by atoms with Crippen LogP contribution in [0.2, 0.25) is 0 Å². The maximum atomic E-state index is 13.6. The fourth-order valence-corrected chi connectivity index (χ4v) is 5.25. The number of ether oxygens (including phenoxy) is 2. The third-order valence-corrected chi connectivity index (χ3v) is 7.69. The predicted octanol–water partition coefficient (Wildman–Crippen LogP) is 2.81. The van der Waals surface area contributed by atoms with Gasteiger partial charge in [0.1, 0.15) is 24.1 Å². The molecule has 0 saturated carbocycles. The molecule has 3 unspecified atom stereocenters. The minimum atomic E-state index is -1.05. The van der Waals surface area contributed by atoms with Crippen LogP contribution in [0.1, 0.15) is 70.8 Å². The first kappa shape index (κ1) is 33.6. The molecular formula is C31H44N4O8. The fourth-order valence-electron chi connectivity index (χ4n) is 5.25. The predicted molar refractivity (Wildman–Crippen MR) is 160 cm³/mol. The summed E-state index contributed by atoms with van der Waals surface area (Å²) in [6.45, 7) is 8.79. The van der Waals surface area contributed by atoms with Crippen molar-refractivity contribution in [1.82, 2.24) is 20.9 Å². The summed E-state index contributed by atoms with van der Waals surface area (Å²) < 4.78 is 11.1. The van der Waals surface area contributed by atoms with E-state index in [9.17, 15) is 29.1 Å². The smallest absolute Gasteiger partial charge is 0.309 e. The van der Waals surface area contributed by atoms with E-state index >= 15 is 0 Å². The highest BCUT2D eigenvalue weighted by Crippen LogP contribution is 2.26. The molecule has 5 N–H and O–H groups in total. The summed E-state index contributed by atoms with van der Waals surface area (Å²) in [5.41, 5.74) is -0.0880. The number of carbonyl (C=O) groups excluding carboxylic acids is 4. The molecule has 2 heterocycles. The molecule has 1 aromatic carbocycles. The van der Waals surface area contributed by atoms with Gasteiger partial charge < -0.3 is 35.5 Å². The van der Waals surface area contributed by atoms with Crippen molar-refractivity contribution in [2.45, 2.75) is 78.5 Å². The van der Waals surface area contributed by atoms with Crippen LogP contribution < -0.4 is 20.7 Å². The molecule has 12 nitrogen and oxygen atoms in total. The van der Waals surface area contributed by atoms with Crippen molar-refractivity contribution in [3.8, 4) is 5.75 Å². The van der Waals surface area contributed by atoms with Crippen LogP contribution in [0.5, 0.6) is 5.75 Å². The lowest BCUT2D eigenvalue weighted by atomic mass is 9.87. The van der Waals surface area contributed by atoms with Gasteiger partial charge in [0.15, 0.2) is 5.78 Å². The molecule has 43 heavy (non-hydrogen) atoms. The van der Waals surface area contributed by atoms with Crippen LogP contribution in [0.25, 0.3) is 10.9 Å². The number of amides is 3. The summed E-state index contributed by atoms with van der Waals surface area (Å²) in [7, 11) is 1.54. The first-order valence-electron chi connectivity index (χ1n) is 14.6. The zero-order chi connectivity index (χ0) is 31.9. The number of carboxylic acids is 1. The van der Waals surface area contributed by atoms with Gasteiger partial charge in [-0.3, -0.25) is 24.0 Å². The first-order valence-corrected chi connectivity index (χ1v) is 14.6. The van der Waals surface area contributed by atoms with Gasteiger partial charge in [0, 0.05) is 23.4 Å². The Bertz CT molecular complexity index is 1330. The zero-order valence-electron chi connectivity index (χ0n) is 25.7. The monoisotopic (exact) mass is 600 g/mol. The molecule has 0 bridgehead atoms. The highest BCUT2D eigenvalue weighted by molar-refractivity contribution is 6.02. The summed E-state index contributed by atoms with van der Waals surface area (Å²) in [6, 6.07) is 5.06. The number of H-pyrrole nitrogens is 1. The van der Waals surface area contributed by atoms with Gasteiger partial charge in [0.05, 0.1) is 24.7 Å². The van der Waals surface area contributed by atoms with Gasteiger partial charge in [-0.2, -0.15) is 0 Å². The van der Waals surface area contributed by atoms with E-state index in [4.69, 9.17) is 9.47 Å². The van der Waals surface area contributed by atoms with Crippen molar-refractivity contribution in [1.29, 1.82) is 0 Å². The number of ketones is 1. The maximum absolute atomic E-state index is 13.6. The molecule has 0 radical (unpaired) electrons. The van der Waals surface area contributed by atoms with Crippen molar-refractivity contribution >= 4 is 40.4 Å². The molecule has 4 atom stereocenters. The molecule has 3 rings (SSSR count). The van der Waals surface area contributed by atoms with Crippen LogP contribution in [-0.2, 0) is 23.9 Å². The normalized spacial score (nSPS) is 17.3. The number of rotatable bonds is 16. The standard InChI is InChI=1S/C31H44N4O8/c1-17(2)12-23(35-29(39)24-14-20-21(33-24)8-7-9-26(20)42-6)28(38)34-22(13-19-10-11-32-27(19)37)25(36)16-43-18(3)15-31(4,5)30(40)41/h7-9,14,17-19,22-23,33H,10-13,15-16H2,1-6H3,(H,32,37)(H,34,38)(H,35,39)(H,40,41)/t18?,19-,22?,23?/m0/s1. The number of nitrogens with one attached hydrogen (secondary N) is 4. The molecule has 1 aliphatic rings. The van der Waals surface area contributed by atoms with E-state index in [1.807, 2.05) is 19.9 Å². The second-order valence-corrected chi connectivity index (χ2v) is 12.3. The second-order valence-electron chi connectivity index (χ2n) is 12.3. The largest absolute Gasteiger partial charge is 0.496 e. The Morgan fingerprint density at radius 3 is 2.44 bits per heavy atom. The van der Waals surface area contributed by atoms with Crippen LogP contribution in [0.4, 0.5) is 0 Å². The summed E-state index contributed by atoms with van der Waals surface area (Å²) in [6.07, 6.45) is 0.560. The SMILES string of the molecule is COc1cccc2[nH]c(C(=O)NC(CC(C)C)C(=O)NC(C[C@@H]3CCNC3=O)C(=O)COC(C)CC(C)(C)C(=O)O)cc12. The van der Waals surface area contributed by atoms with E-state index in [2.05, 4.69) is 20.9 Å². The molecule has 0 aliphatic carbocycles. The summed E-state index contributed by atoms with van der Waals surface area (Å²) in [4.78, 5) is 67.0. The van der Waals surface area contributed by atoms with E-state index < -0.39 is 53.1 Å². The molecule has 2 aromatic rings. The van der Waals surface area contributed by atoms with Crippen LogP contribution >= 0.6 is 0 Å². The van der Waals surface area contributed by atoms with Crippen LogP contribution in [0.3, 0.4) is 0 Å². The number of fused-ring (bicyclic) bond motifs is 1. The van der Waals surface area contributed by atoms with Gasteiger partial charge in [0.2, 0.25) is 11.8 Å². The Morgan fingerprint density at radius 2 is 1.84 bits per heavy atom. The number of hydrogen-bond acceptors (Lipinski definition) is 7. The summed E-state index contributed by atoms with van der Waals surface area (Å²) in [5, 5.41) is 18.4. The summed E-state index contributed by atoms with van der Waals surface area (Å²) >= 11 is 0. The number of benzene rings is 1. The van der Waals surface area contributed by atoms with E-state index in [0.717, 1.165) is 5.39 Å². The van der Waals surface area contributed by atoms with Crippen molar-refractivity contribution < 1.29 is 38.6 Å². The number of methoxy groups -OCH3 is 1. The lowest BCUT2D eigenvalue weighted by Crippen LogP contribution is -2.53. The average Bonchev–Trinajstić information content (AvgIpc) is 3.56. The second kappa shape index (κ2) is 14.5. The molecular weight excluding hydrogens is 556 g/mol. The highest BCUT2D eigenvalue weighted by Gasteiger charge is 2.34. The Kier molecular flexibility index (Phi) is 11.3. The molecule has 1 fully saturated rings. The van der Waals surface area contributed by atoms with Crippen LogP contribution in [0, 0.1) is 17.3 Å². The van der Waals surface area contributed by atoms with Gasteiger partial charge in [-0.1, -0.05) is 19.9 Å². The average molecular weight is 601 g/mol. The topological polar surface area (TPSA) is 176 Å². The molecule has 3 amide bonds. The molecule has 236 valence electrons. The quantitative estimate of drug-likeness (QED) is 0.195. The Balaban J connectivity index is 1.74. The lowest BCUT2D eigenvalue weighted by Gasteiger charge is -2.26. The maximum Gasteiger partial charge on any atom is 0.309 e. The lowest BCUT2D eigenvalue weighted by molar-refractivity contribution is -0.149. The van der Waals surface area contributed by atoms with Crippen LogP contribution in [-0.4, -0.2) is 78.0 Å². The van der Waals surface area contributed by atoms with Crippen molar-refractivity contribution in [3.05, 3.63) is 30.0 Å². The van der Waals surface area contributed by atoms with E-state index in [1.54, 1.807) is 46.1 Å². The molecule has 12 heteroatoms. The van der Waals surface area contributed by atoms with Gasteiger partial charge in [0.25, 0.3) is 5.91 Å².